The number of carboxylic acid groups (broad SMARTS) is 1. The molecule has 0 aliphatic heterocycles. The average Bonchev–Trinajstić information content (AvgIpc) is 2.34. The van der Waals surface area contributed by atoms with Crippen LogP contribution in [0.5, 0.6) is 0 Å². The van der Waals surface area contributed by atoms with E-state index >= 15 is 0 Å². The summed E-state index contributed by atoms with van der Waals surface area (Å²) in [4.78, 5) is 24.7. The fourth-order valence-electron chi connectivity index (χ4n) is 1.66. The third kappa shape index (κ3) is 5.60. The van der Waals surface area contributed by atoms with Crippen LogP contribution in [0.1, 0.15) is 40.5 Å². The molecule has 0 aromatic rings. The topological polar surface area (TPSA) is 93.4 Å². The Labute approximate surface area is 114 Å². The fraction of sp³-hybridized carbons (Fsp3) is 0.769. The van der Waals surface area contributed by atoms with Gasteiger partial charge in [-0.1, -0.05) is 20.3 Å². The second kappa shape index (κ2) is 8.35. The third-order valence-corrected chi connectivity index (χ3v) is 3.11. The van der Waals surface area contributed by atoms with E-state index in [1.165, 1.54) is 4.90 Å². The van der Waals surface area contributed by atoms with Crippen molar-refractivity contribution in [1.82, 2.24) is 10.2 Å². The van der Waals surface area contributed by atoms with Crippen molar-refractivity contribution in [2.45, 2.75) is 52.6 Å². The molecule has 0 aromatic carbocycles. The van der Waals surface area contributed by atoms with Gasteiger partial charge in [0, 0.05) is 12.6 Å². The predicted octanol–water partition coefficient (Wildman–Crippen LogP) is 1.82. The molecule has 0 heterocycles. The molecule has 6 nitrogen and oxygen atoms in total. The fourth-order valence-corrected chi connectivity index (χ4v) is 1.66. The summed E-state index contributed by atoms with van der Waals surface area (Å²) in [5.41, 5.74) is 0. The third-order valence-electron chi connectivity index (χ3n) is 3.11. The van der Waals surface area contributed by atoms with Gasteiger partial charge in [0.25, 0.3) is 0 Å². The van der Waals surface area contributed by atoms with Crippen LogP contribution in [0.25, 0.3) is 0 Å². The van der Waals surface area contributed by atoms with Crippen LogP contribution >= 0.6 is 0 Å². The van der Waals surface area contributed by atoms with Gasteiger partial charge in [0.15, 0.2) is 0 Å². The minimum Gasteiger partial charge on any atom is -0.480 e. The van der Waals surface area contributed by atoms with Gasteiger partial charge in [-0.3, -0.25) is 0 Å². The van der Waals surface area contributed by atoms with Gasteiger partial charge in [-0.25, -0.2) is 9.59 Å². The molecule has 0 unspecified atom stereocenters. The molecule has 0 radical (unpaired) electrons. The van der Waals surface area contributed by atoms with Gasteiger partial charge in [0.2, 0.25) is 0 Å². The Morgan fingerprint density at radius 1 is 1.37 bits per heavy atom. The lowest BCUT2D eigenvalue weighted by Gasteiger charge is -2.29. The molecule has 2 N–H and O–H groups in total. The van der Waals surface area contributed by atoms with Crippen molar-refractivity contribution in [2.75, 3.05) is 6.54 Å². The number of nitriles is 1. The van der Waals surface area contributed by atoms with Crippen LogP contribution in [0, 0.1) is 17.2 Å². The average molecular weight is 269 g/mol. The summed E-state index contributed by atoms with van der Waals surface area (Å²) < 4.78 is 0. The van der Waals surface area contributed by atoms with Crippen molar-refractivity contribution in [2.24, 2.45) is 5.92 Å². The first-order valence-electron chi connectivity index (χ1n) is 6.52. The summed E-state index contributed by atoms with van der Waals surface area (Å²) in [6.07, 6.45) is 0.893. The highest BCUT2D eigenvalue weighted by Crippen LogP contribution is 2.09. The number of amides is 2. The Morgan fingerprint density at radius 2 is 1.95 bits per heavy atom. The van der Waals surface area contributed by atoms with Crippen molar-refractivity contribution in [3.05, 3.63) is 0 Å². The number of rotatable bonds is 7. The molecule has 0 saturated heterocycles. The van der Waals surface area contributed by atoms with E-state index in [9.17, 15) is 9.59 Å². The first-order valence-corrected chi connectivity index (χ1v) is 6.52. The smallest absolute Gasteiger partial charge is 0.326 e. The Kier molecular flexibility index (Phi) is 7.57. The van der Waals surface area contributed by atoms with Crippen LogP contribution in [0.3, 0.4) is 0 Å². The molecular formula is C13H23N3O3. The standard InChI is InChI=1S/C13H23N3O3/c1-5-10(4)11(12(17)18)15-13(19)16(9(2)3)8-6-7-14/h9-11H,5-6,8H2,1-4H3,(H,15,19)(H,17,18)/t10-,11-/m0/s1. The number of aliphatic carboxylic acids is 1. The largest absolute Gasteiger partial charge is 0.480 e. The molecule has 0 aliphatic carbocycles. The van der Waals surface area contributed by atoms with Gasteiger partial charge < -0.3 is 15.3 Å². The lowest BCUT2D eigenvalue weighted by atomic mass is 9.99. The van der Waals surface area contributed by atoms with Crippen LogP contribution < -0.4 is 5.32 Å². The molecule has 2 atom stereocenters. The number of carbonyl (C=O) groups excluding carboxylic acids is 1. The number of carbonyl (C=O) groups is 2. The highest BCUT2D eigenvalue weighted by atomic mass is 16.4. The number of carboxylic acids is 1. The van der Waals surface area contributed by atoms with Gasteiger partial charge in [-0.15, -0.1) is 0 Å². The van der Waals surface area contributed by atoms with E-state index in [0.29, 0.717) is 13.0 Å². The maximum atomic E-state index is 12.1. The Hall–Kier alpha value is -1.77. The minimum atomic E-state index is -1.04. The molecule has 19 heavy (non-hydrogen) atoms. The zero-order valence-corrected chi connectivity index (χ0v) is 12.0. The second-order valence-electron chi connectivity index (χ2n) is 4.85. The van der Waals surface area contributed by atoms with Crippen molar-refractivity contribution in [3.8, 4) is 6.07 Å². The molecule has 0 aliphatic rings. The van der Waals surface area contributed by atoms with Crippen LogP contribution in [-0.4, -0.2) is 40.6 Å². The molecule has 6 heteroatoms. The van der Waals surface area contributed by atoms with E-state index in [1.54, 1.807) is 6.92 Å². The maximum Gasteiger partial charge on any atom is 0.326 e. The van der Waals surface area contributed by atoms with Crippen molar-refractivity contribution < 1.29 is 14.7 Å². The summed E-state index contributed by atoms with van der Waals surface area (Å²) in [5, 5.41) is 20.2. The van der Waals surface area contributed by atoms with Crippen LogP contribution in [-0.2, 0) is 4.79 Å². The van der Waals surface area contributed by atoms with Crippen LogP contribution in [0.2, 0.25) is 0 Å². The van der Waals surface area contributed by atoms with Crippen LogP contribution in [0.4, 0.5) is 4.79 Å². The molecule has 108 valence electrons. The predicted molar refractivity (Wildman–Crippen MR) is 71.5 cm³/mol. The number of nitrogens with one attached hydrogen (secondary N) is 1. The monoisotopic (exact) mass is 269 g/mol. The minimum absolute atomic E-state index is 0.0836. The first kappa shape index (κ1) is 17.2. The molecule has 0 rings (SSSR count). The summed E-state index contributed by atoms with van der Waals surface area (Å²) in [5.74, 6) is -1.18. The first-order chi connectivity index (χ1) is 8.84. The molecule has 0 spiro atoms. The summed E-state index contributed by atoms with van der Waals surface area (Å²) in [6, 6.07) is 0.562. The van der Waals surface area contributed by atoms with E-state index < -0.39 is 18.0 Å². The van der Waals surface area contributed by atoms with E-state index in [-0.39, 0.29) is 18.4 Å². The lowest BCUT2D eigenvalue weighted by molar-refractivity contribution is -0.140. The molecule has 0 saturated carbocycles. The van der Waals surface area contributed by atoms with Gasteiger partial charge in [-0.2, -0.15) is 5.26 Å². The summed E-state index contributed by atoms with van der Waals surface area (Å²) in [7, 11) is 0. The van der Waals surface area contributed by atoms with E-state index in [4.69, 9.17) is 10.4 Å². The Bertz CT molecular complexity index is 350. The number of hydrogen-bond donors (Lipinski definition) is 2. The van der Waals surface area contributed by atoms with Crippen LogP contribution in [0.15, 0.2) is 0 Å². The van der Waals surface area contributed by atoms with Crippen molar-refractivity contribution in [3.63, 3.8) is 0 Å². The molecule has 0 aromatic heterocycles. The maximum absolute atomic E-state index is 12.1. The molecule has 2 amide bonds. The van der Waals surface area contributed by atoms with Gasteiger partial charge in [-0.05, 0) is 19.8 Å². The van der Waals surface area contributed by atoms with E-state index in [1.807, 2.05) is 26.8 Å². The van der Waals surface area contributed by atoms with Gasteiger partial charge in [0.05, 0.1) is 12.5 Å². The summed E-state index contributed by atoms with van der Waals surface area (Å²) >= 11 is 0. The number of nitrogens with zero attached hydrogens (tertiary/aromatic N) is 2. The summed E-state index contributed by atoms with van der Waals surface area (Å²) in [6.45, 7) is 7.62. The SMILES string of the molecule is CC[C@H](C)[C@H](NC(=O)N(CCC#N)C(C)C)C(=O)O. The van der Waals surface area contributed by atoms with Crippen molar-refractivity contribution >= 4 is 12.0 Å². The second-order valence-corrected chi connectivity index (χ2v) is 4.85. The number of hydrogen-bond acceptors (Lipinski definition) is 3. The Balaban J connectivity index is 4.76. The molecular weight excluding hydrogens is 246 g/mol. The number of urea groups is 1. The van der Waals surface area contributed by atoms with Gasteiger partial charge >= 0.3 is 12.0 Å². The highest BCUT2D eigenvalue weighted by Gasteiger charge is 2.28. The highest BCUT2D eigenvalue weighted by molar-refractivity contribution is 5.82. The lowest BCUT2D eigenvalue weighted by Crippen LogP contribution is -2.52. The van der Waals surface area contributed by atoms with E-state index in [2.05, 4.69) is 5.32 Å². The van der Waals surface area contributed by atoms with Gasteiger partial charge in [0.1, 0.15) is 6.04 Å². The molecule has 0 fully saturated rings. The quantitative estimate of drug-likeness (QED) is 0.737. The van der Waals surface area contributed by atoms with Crippen molar-refractivity contribution in [1.29, 1.82) is 5.26 Å². The zero-order chi connectivity index (χ0) is 15.0. The van der Waals surface area contributed by atoms with E-state index in [0.717, 1.165) is 0 Å². The molecule has 0 bridgehead atoms. The Morgan fingerprint density at radius 3 is 2.32 bits per heavy atom. The zero-order valence-electron chi connectivity index (χ0n) is 12.0. The normalized spacial score (nSPS) is 13.5.